The number of anilines is 1. The molecule has 1 aliphatic rings. The van der Waals surface area contributed by atoms with Crippen LogP contribution < -0.4 is 4.31 Å². The van der Waals surface area contributed by atoms with Crippen LogP contribution in [0.1, 0.15) is 22.3 Å². The first-order valence-corrected chi connectivity index (χ1v) is 8.87. The number of nitrogens with zero attached hydrogens (tertiary/aromatic N) is 1. The predicted molar refractivity (Wildman–Crippen MR) is 87.0 cm³/mol. The van der Waals surface area contributed by atoms with Crippen molar-refractivity contribution >= 4 is 21.7 Å². The second kappa shape index (κ2) is 6.24. The van der Waals surface area contributed by atoms with Gasteiger partial charge in [0.2, 0.25) is 0 Å². The van der Waals surface area contributed by atoms with Gasteiger partial charge in [-0.15, -0.1) is 0 Å². The summed E-state index contributed by atoms with van der Waals surface area (Å²) in [5.74, 6) is -1.10. The Morgan fingerprint density at radius 1 is 1.17 bits per heavy atom. The Bertz CT molecular complexity index is 878. The summed E-state index contributed by atoms with van der Waals surface area (Å²) < 4.78 is 45.7. The van der Waals surface area contributed by atoms with E-state index >= 15 is 0 Å². The van der Waals surface area contributed by atoms with E-state index in [1.54, 1.807) is 12.1 Å². The molecular weight excluding hydrogens is 333 g/mol. The first-order chi connectivity index (χ1) is 11.4. The number of halogens is 1. The van der Waals surface area contributed by atoms with Crippen LogP contribution >= 0.6 is 0 Å². The van der Waals surface area contributed by atoms with E-state index in [0.29, 0.717) is 18.4 Å². The van der Waals surface area contributed by atoms with Crippen molar-refractivity contribution in [3.63, 3.8) is 0 Å². The summed E-state index contributed by atoms with van der Waals surface area (Å²) in [6.45, 7) is 0.217. The topological polar surface area (TPSA) is 63.7 Å². The average molecular weight is 349 g/mol. The highest BCUT2D eigenvalue weighted by molar-refractivity contribution is 7.92. The van der Waals surface area contributed by atoms with E-state index < -0.39 is 21.8 Å². The Morgan fingerprint density at radius 2 is 1.88 bits per heavy atom. The molecule has 2 aromatic carbocycles. The van der Waals surface area contributed by atoms with Crippen molar-refractivity contribution in [3.05, 3.63) is 59.4 Å². The van der Waals surface area contributed by atoms with E-state index in [0.717, 1.165) is 4.31 Å². The van der Waals surface area contributed by atoms with Crippen molar-refractivity contribution in [2.75, 3.05) is 18.0 Å². The van der Waals surface area contributed by atoms with Gasteiger partial charge in [-0.1, -0.05) is 12.1 Å². The second-order valence-corrected chi connectivity index (χ2v) is 7.31. The molecule has 0 fully saturated rings. The number of hydrogen-bond acceptors (Lipinski definition) is 4. The molecule has 7 heteroatoms. The maximum atomic E-state index is 14.2. The highest BCUT2D eigenvalue weighted by Crippen LogP contribution is 2.34. The lowest BCUT2D eigenvalue weighted by Gasteiger charge is -2.30. The minimum atomic E-state index is -3.91. The fourth-order valence-electron chi connectivity index (χ4n) is 2.81. The molecule has 0 amide bonds. The molecule has 126 valence electrons. The van der Waals surface area contributed by atoms with E-state index in [1.807, 2.05) is 0 Å². The van der Waals surface area contributed by atoms with Gasteiger partial charge in [0.1, 0.15) is 5.82 Å². The number of rotatable bonds is 3. The molecule has 0 spiro atoms. The first kappa shape index (κ1) is 16.4. The zero-order valence-corrected chi connectivity index (χ0v) is 13.8. The van der Waals surface area contributed by atoms with Gasteiger partial charge in [0, 0.05) is 6.54 Å². The van der Waals surface area contributed by atoms with E-state index in [2.05, 4.69) is 4.74 Å². The van der Waals surface area contributed by atoms with Gasteiger partial charge in [0.25, 0.3) is 10.0 Å². The average Bonchev–Trinajstić information content (AvgIpc) is 2.61. The van der Waals surface area contributed by atoms with Crippen molar-refractivity contribution in [1.82, 2.24) is 0 Å². The van der Waals surface area contributed by atoms with Gasteiger partial charge < -0.3 is 4.74 Å². The number of ether oxygens (including phenoxy) is 1. The summed E-state index contributed by atoms with van der Waals surface area (Å²) in [6, 6.07) is 9.99. The molecule has 0 saturated heterocycles. The maximum absolute atomic E-state index is 14.2. The van der Waals surface area contributed by atoms with Crippen LogP contribution in [0.4, 0.5) is 10.1 Å². The third-order valence-electron chi connectivity index (χ3n) is 3.99. The highest BCUT2D eigenvalue weighted by atomic mass is 32.2. The van der Waals surface area contributed by atoms with Crippen molar-refractivity contribution in [1.29, 1.82) is 0 Å². The largest absolute Gasteiger partial charge is 0.465 e. The normalized spacial score (nSPS) is 14.2. The minimum Gasteiger partial charge on any atom is -0.465 e. The summed E-state index contributed by atoms with van der Waals surface area (Å²) in [5.41, 5.74) is 1.04. The molecule has 0 bridgehead atoms. The highest BCUT2D eigenvalue weighted by Gasteiger charge is 2.31. The van der Waals surface area contributed by atoms with E-state index in [1.165, 1.54) is 37.4 Å². The molecule has 0 aliphatic carbocycles. The molecule has 5 nitrogen and oxygen atoms in total. The molecule has 1 aliphatic heterocycles. The van der Waals surface area contributed by atoms with Gasteiger partial charge >= 0.3 is 5.97 Å². The number of carbonyl (C=O) groups is 1. The van der Waals surface area contributed by atoms with Crippen molar-refractivity contribution in [2.45, 2.75) is 17.7 Å². The number of esters is 1. The molecule has 0 saturated carbocycles. The van der Waals surface area contributed by atoms with Crippen LogP contribution in [0.15, 0.2) is 47.4 Å². The second-order valence-electron chi connectivity index (χ2n) is 5.44. The van der Waals surface area contributed by atoms with E-state index in [9.17, 15) is 17.6 Å². The van der Waals surface area contributed by atoms with Crippen LogP contribution in [0.2, 0.25) is 0 Å². The van der Waals surface area contributed by atoms with Crippen LogP contribution in [0.3, 0.4) is 0 Å². The first-order valence-electron chi connectivity index (χ1n) is 7.43. The standard InChI is InChI=1S/C17H16FNO4S/c1-23-17(20)13-7-9-14(10-8-13)24(21,22)19-11-3-5-12-4-2-6-15(18)16(12)19/h2,4,6-10H,3,5,11H2,1H3. The number of aryl methyl sites for hydroxylation is 1. The zero-order chi connectivity index (χ0) is 17.3. The van der Waals surface area contributed by atoms with Crippen molar-refractivity contribution in [3.8, 4) is 0 Å². The number of para-hydroxylation sites is 1. The van der Waals surface area contributed by atoms with Crippen LogP contribution in [-0.4, -0.2) is 28.0 Å². The minimum absolute atomic E-state index is 0.00579. The number of fused-ring (bicyclic) bond motifs is 1. The van der Waals surface area contributed by atoms with Gasteiger partial charge in [-0.05, 0) is 48.7 Å². The fraction of sp³-hybridized carbons (Fsp3) is 0.235. The summed E-state index contributed by atoms with van der Waals surface area (Å²) >= 11 is 0. The Kier molecular flexibility index (Phi) is 4.28. The third kappa shape index (κ3) is 2.75. The summed E-state index contributed by atoms with van der Waals surface area (Å²) in [6.07, 6.45) is 1.26. The fourth-order valence-corrected chi connectivity index (χ4v) is 4.36. The lowest BCUT2D eigenvalue weighted by atomic mass is 10.0. The molecule has 0 N–H and O–H groups in total. The molecule has 0 radical (unpaired) electrons. The van der Waals surface area contributed by atoms with Gasteiger partial charge in [0.15, 0.2) is 0 Å². The van der Waals surface area contributed by atoms with Crippen LogP contribution in [0.25, 0.3) is 0 Å². The van der Waals surface area contributed by atoms with Crippen LogP contribution in [-0.2, 0) is 21.2 Å². The Hall–Kier alpha value is -2.41. The molecule has 3 rings (SSSR count). The maximum Gasteiger partial charge on any atom is 0.337 e. The van der Waals surface area contributed by atoms with Gasteiger partial charge in [-0.25, -0.2) is 17.6 Å². The van der Waals surface area contributed by atoms with E-state index in [-0.39, 0.29) is 22.7 Å². The molecule has 0 atom stereocenters. The zero-order valence-electron chi connectivity index (χ0n) is 13.0. The Balaban J connectivity index is 2.02. The number of hydrogen-bond donors (Lipinski definition) is 0. The van der Waals surface area contributed by atoms with E-state index in [4.69, 9.17) is 0 Å². The lowest BCUT2D eigenvalue weighted by Crippen LogP contribution is -2.36. The van der Waals surface area contributed by atoms with Crippen LogP contribution in [0, 0.1) is 5.82 Å². The number of sulfonamides is 1. The number of benzene rings is 2. The van der Waals surface area contributed by atoms with Crippen molar-refractivity contribution in [2.24, 2.45) is 0 Å². The lowest BCUT2D eigenvalue weighted by molar-refractivity contribution is 0.0600. The SMILES string of the molecule is COC(=O)c1ccc(S(=O)(=O)N2CCCc3cccc(F)c32)cc1. The molecular formula is C17H16FNO4S. The monoisotopic (exact) mass is 349 g/mol. The third-order valence-corrected chi connectivity index (χ3v) is 5.80. The number of methoxy groups -OCH3 is 1. The molecule has 2 aromatic rings. The van der Waals surface area contributed by atoms with Gasteiger partial charge in [-0.3, -0.25) is 4.31 Å². The van der Waals surface area contributed by atoms with Crippen molar-refractivity contribution < 1.29 is 22.3 Å². The quantitative estimate of drug-likeness (QED) is 0.800. The Morgan fingerprint density at radius 3 is 2.54 bits per heavy atom. The predicted octanol–water partition coefficient (Wildman–Crippen LogP) is 2.75. The van der Waals surface area contributed by atoms with Crippen LogP contribution in [0.5, 0.6) is 0 Å². The van der Waals surface area contributed by atoms with Gasteiger partial charge in [0.05, 0.1) is 23.3 Å². The molecule has 0 unspecified atom stereocenters. The molecule has 0 aromatic heterocycles. The summed E-state index contributed by atoms with van der Waals surface area (Å²) in [4.78, 5) is 11.5. The summed E-state index contributed by atoms with van der Waals surface area (Å²) in [7, 11) is -2.66. The smallest absolute Gasteiger partial charge is 0.337 e. The number of carbonyl (C=O) groups excluding carboxylic acids is 1. The molecule has 24 heavy (non-hydrogen) atoms. The Labute approximate surface area is 139 Å². The van der Waals surface area contributed by atoms with Gasteiger partial charge in [-0.2, -0.15) is 0 Å². The summed E-state index contributed by atoms with van der Waals surface area (Å²) in [5, 5.41) is 0. The molecule has 1 heterocycles.